The Morgan fingerprint density at radius 1 is 1.20 bits per heavy atom. The van der Waals surface area contributed by atoms with Crippen LogP contribution in [0, 0.1) is 0 Å². The Morgan fingerprint density at radius 2 is 1.95 bits per heavy atom. The molecule has 0 spiro atoms. The molecular formula is C15H11ClN2O2. The number of ether oxygens (including phenoxy) is 1. The highest BCUT2D eigenvalue weighted by Gasteiger charge is 2.18. The van der Waals surface area contributed by atoms with Crippen LogP contribution in [0.25, 0.3) is 16.9 Å². The van der Waals surface area contributed by atoms with Crippen LogP contribution in [-0.2, 0) is 4.74 Å². The summed E-state index contributed by atoms with van der Waals surface area (Å²) in [5.41, 5.74) is 1.88. The molecule has 0 amide bonds. The van der Waals surface area contributed by atoms with Gasteiger partial charge in [0.15, 0.2) is 5.15 Å². The van der Waals surface area contributed by atoms with Gasteiger partial charge in [0.05, 0.1) is 18.2 Å². The minimum atomic E-state index is -0.433. The maximum Gasteiger partial charge on any atom is 0.340 e. The normalized spacial score (nSPS) is 10.7. The lowest BCUT2D eigenvalue weighted by Crippen LogP contribution is -2.03. The average molecular weight is 287 g/mol. The van der Waals surface area contributed by atoms with Crippen molar-refractivity contribution in [1.82, 2.24) is 9.38 Å². The first-order chi connectivity index (χ1) is 9.72. The molecule has 0 saturated heterocycles. The number of methoxy groups -OCH3 is 1. The molecule has 3 aromatic rings. The first-order valence-corrected chi connectivity index (χ1v) is 6.40. The molecule has 100 valence electrons. The fourth-order valence-electron chi connectivity index (χ4n) is 2.16. The fraction of sp³-hybridized carbons (Fsp3) is 0.0667. The van der Waals surface area contributed by atoms with Gasteiger partial charge in [0.2, 0.25) is 0 Å². The highest BCUT2D eigenvalue weighted by atomic mass is 35.5. The van der Waals surface area contributed by atoms with Crippen molar-refractivity contribution in [3.05, 3.63) is 59.4 Å². The van der Waals surface area contributed by atoms with Gasteiger partial charge in [-0.3, -0.25) is 4.40 Å². The first-order valence-electron chi connectivity index (χ1n) is 6.02. The summed E-state index contributed by atoms with van der Waals surface area (Å²) in [6, 6.07) is 13.1. The van der Waals surface area contributed by atoms with Gasteiger partial charge in [-0.2, -0.15) is 0 Å². The fourth-order valence-corrected chi connectivity index (χ4v) is 2.43. The molecule has 3 rings (SSSR count). The van der Waals surface area contributed by atoms with Crippen LogP contribution in [0.4, 0.5) is 0 Å². The molecule has 5 heteroatoms. The monoisotopic (exact) mass is 286 g/mol. The topological polar surface area (TPSA) is 43.6 Å². The van der Waals surface area contributed by atoms with E-state index in [9.17, 15) is 4.79 Å². The minimum absolute atomic E-state index is 0.282. The number of carbonyl (C=O) groups is 1. The van der Waals surface area contributed by atoms with Crippen molar-refractivity contribution in [2.45, 2.75) is 0 Å². The molecule has 2 heterocycles. The highest BCUT2D eigenvalue weighted by Crippen LogP contribution is 2.28. The maximum absolute atomic E-state index is 11.8. The summed E-state index contributed by atoms with van der Waals surface area (Å²) in [6.07, 6.45) is 1.82. The Labute approximate surface area is 120 Å². The average Bonchev–Trinajstić information content (AvgIpc) is 2.85. The number of hydrogen-bond acceptors (Lipinski definition) is 3. The van der Waals surface area contributed by atoms with Crippen molar-refractivity contribution >= 4 is 23.1 Å². The molecule has 4 nitrogen and oxygen atoms in total. The number of benzene rings is 1. The lowest BCUT2D eigenvalue weighted by Gasteiger charge is -2.04. The second-order valence-electron chi connectivity index (χ2n) is 4.22. The van der Waals surface area contributed by atoms with E-state index in [1.54, 1.807) is 16.5 Å². The third kappa shape index (κ3) is 1.94. The zero-order valence-electron chi connectivity index (χ0n) is 10.7. The molecule has 0 bridgehead atoms. The van der Waals surface area contributed by atoms with Gasteiger partial charge in [-0.1, -0.05) is 41.9 Å². The number of halogens is 1. The molecule has 0 unspecified atom stereocenters. The number of pyridine rings is 1. The van der Waals surface area contributed by atoms with Gasteiger partial charge in [-0.25, -0.2) is 9.78 Å². The summed E-state index contributed by atoms with van der Waals surface area (Å²) in [7, 11) is 1.34. The lowest BCUT2D eigenvalue weighted by atomic mass is 10.2. The summed E-state index contributed by atoms with van der Waals surface area (Å²) in [5.74, 6) is 0.258. The number of aromatic nitrogens is 2. The van der Waals surface area contributed by atoms with Gasteiger partial charge in [0.1, 0.15) is 5.82 Å². The third-order valence-corrected chi connectivity index (χ3v) is 3.32. The van der Waals surface area contributed by atoms with Crippen LogP contribution in [0.1, 0.15) is 10.4 Å². The van der Waals surface area contributed by atoms with E-state index in [1.165, 1.54) is 7.11 Å². The highest BCUT2D eigenvalue weighted by molar-refractivity contribution is 6.33. The van der Waals surface area contributed by atoms with Crippen molar-refractivity contribution < 1.29 is 9.53 Å². The van der Waals surface area contributed by atoms with Crippen LogP contribution in [0.2, 0.25) is 5.15 Å². The van der Waals surface area contributed by atoms with E-state index in [2.05, 4.69) is 4.98 Å². The number of imidazole rings is 1. The molecule has 0 saturated carbocycles. The van der Waals surface area contributed by atoms with Crippen LogP contribution in [-0.4, -0.2) is 22.5 Å². The number of fused-ring (bicyclic) bond motifs is 1. The smallest absolute Gasteiger partial charge is 0.340 e. The molecule has 20 heavy (non-hydrogen) atoms. The van der Waals surface area contributed by atoms with Crippen LogP contribution in [0.5, 0.6) is 0 Å². The van der Waals surface area contributed by atoms with Crippen LogP contribution in [0.15, 0.2) is 48.7 Å². The van der Waals surface area contributed by atoms with Crippen molar-refractivity contribution in [1.29, 1.82) is 0 Å². The van der Waals surface area contributed by atoms with E-state index >= 15 is 0 Å². The number of esters is 1. The summed E-state index contributed by atoms with van der Waals surface area (Å²) in [5, 5.41) is 0.282. The second kappa shape index (κ2) is 4.98. The minimum Gasteiger partial charge on any atom is -0.465 e. The molecule has 0 aliphatic rings. The second-order valence-corrected chi connectivity index (χ2v) is 4.58. The first kappa shape index (κ1) is 12.7. The van der Waals surface area contributed by atoms with E-state index in [0.29, 0.717) is 16.9 Å². The zero-order valence-corrected chi connectivity index (χ0v) is 11.5. The van der Waals surface area contributed by atoms with Crippen molar-refractivity contribution in [3.63, 3.8) is 0 Å². The summed E-state index contributed by atoms with van der Waals surface area (Å²) < 4.78 is 6.57. The number of hydrogen-bond donors (Lipinski definition) is 0. The molecule has 0 radical (unpaired) electrons. The van der Waals surface area contributed by atoms with Gasteiger partial charge in [-0.05, 0) is 12.1 Å². The number of carbonyl (C=O) groups excluding carboxylic acids is 1. The molecule has 0 aliphatic carbocycles. The van der Waals surface area contributed by atoms with Gasteiger partial charge in [0, 0.05) is 11.8 Å². The van der Waals surface area contributed by atoms with Crippen LogP contribution < -0.4 is 0 Å². The molecule has 0 N–H and O–H groups in total. The molecule has 1 aromatic carbocycles. The molecular weight excluding hydrogens is 276 g/mol. The largest absolute Gasteiger partial charge is 0.465 e. The Balaban J connectivity index is 2.31. The Morgan fingerprint density at radius 3 is 2.65 bits per heavy atom. The summed E-state index contributed by atoms with van der Waals surface area (Å²) in [4.78, 5) is 16.2. The zero-order chi connectivity index (χ0) is 14.1. The summed E-state index contributed by atoms with van der Waals surface area (Å²) >= 11 is 6.19. The maximum atomic E-state index is 11.8. The SMILES string of the molecule is COC(=O)c1cccn2c(-c3ccccc3)nc(Cl)c12. The van der Waals surface area contributed by atoms with E-state index in [-0.39, 0.29) is 5.15 Å². The van der Waals surface area contributed by atoms with E-state index in [0.717, 1.165) is 5.56 Å². The van der Waals surface area contributed by atoms with Crippen LogP contribution >= 0.6 is 11.6 Å². The van der Waals surface area contributed by atoms with Gasteiger partial charge >= 0.3 is 5.97 Å². The quantitative estimate of drug-likeness (QED) is 0.678. The molecule has 0 aliphatic heterocycles. The van der Waals surface area contributed by atoms with Crippen molar-refractivity contribution in [2.24, 2.45) is 0 Å². The van der Waals surface area contributed by atoms with Crippen molar-refractivity contribution in [2.75, 3.05) is 7.11 Å². The van der Waals surface area contributed by atoms with Crippen LogP contribution in [0.3, 0.4) is 0 Å². The standard InChI is InChI=1S/C15H11ClN2O2/c1-20-15(19)11-8-5-9-18-12(11)13(16)17-14(18)10-6-3-2-4-7-10/h2-9H,1H3. The Kier molecular flexibility index (Phi) is 3.16. The Bertz CT molecular complexity index is 781. The lowest BCUT2D eigenvalue weighted by molar-refractivity contribution is 0.0602. The molecule has 0 atom stereocenters. The Hall–Kier alpha value is -2.33. The van der Waals surface area contributed by atoms with Crippen molar-refractivity contribution in [3.8, 4) is 11.4 Å². The molecule has 2 aromatic heterocycles. The number of nitrogens with zero attached hydrogens (tertiary/aromatic N) is 2. The number of rotatable bonds is 2. The van der Waals surface area contributed by atoms with E-state index in [4.69, 9.17) is 16.3 Å². The molecule has 0 fully saturated rings. The van der Waals surface area contributed by atoms with E-state index < -0.39 is 5.97 Å². The van der Waals surface area contributed by atoms with E-state index in [1.807, 2.05) is 36.5 Å². The predicted octanol–water partition coefficient (Wildman–Crippen LogP) is 3.44. The van der Waals surface area contributed by atoms with Gasteiger partial charge in [0.25, 0.3) is 0 Å². The third-order valence-electron chi connectivity index (χ3n) is 3.06. The van der Waals surface area contributed by atoms with Gasteiger partial charge < -0.3 is 4.74 Å². The summed E-state index contributed by atoms with van der Waals surface area (Å²) in [6.45, 7) is 0. The van der Waals surface area contributed by atoms with Gasteiger partial charge in [-0.15, -0.1) is 0 Å². The predicted molar refractivity (Wildman–Crippen MR) is 77.0 cm³/mol.